The summed E-state index contributed by atoms with van der Waals surface area (Å²) >= 11 is 7.64. The second-order valence-corrected chi connectivity index (χ2v) is 6.27. The van der Waals surface area contributed by atoms with Crippen LogP contribution >= 0.6 is 22.9 Å². The van der Waals surface area contributed by atoms with Crippen LogP contribution in [0.2, 0.25) is 5.02 Å². The maximum atomic E-state index is 11.0. The highest BCUT2D eigenvalue weighted by atomic mass is 35.5. The first-order valence-electron chi connectivity index (χ1n) is 6.70. The molecule has 0 saturated carbocycles. The Morgan fingerprint density at radius 3 is 2.82 bits per heavy atom. The second kappa shape index (κ2) is 6.98. The lowest BCUT2D eigenvalue weighted by Crippen LogP contribution is -2.02. The fourth-order valence-corrected chi connectivity index (χ4v) is 3.40. The predicted molar refractivity (Wildman–Crippen MR) is 89.3 cm³/mol. The number of aliphatic carboxylic acids is 1. The number of rotatable bonds is 6. The Bertz CT molecular complexity index is 687. The van der Waals surface area contributed by atoms with E-state index in [-0.39, 0.29) is 12.3 Å². The van der Waals surface area contributed by atoms with Gasteiger partial charge in [0.05, 0.1) is 24.2 Å². The molecule has 0 saturated heterocycles. The topological polar surface area (TPSA) is 71.5 Å². The molecule has 1 aromatic heterocycles. The van der Waals surface area contributed by atoms with Crippen LogP contribution in [0.15, 0.2) is 18.2 Å². The first-order valence-corrected chi connectivity index (χ1v) is 7.89. The third-order valence-corrected chi connectivity index (χ3v) is 4.82. The van der Waals surface area contributed by atoms with E-state index >= 15 is 0 Å². The minimum Gasteiger partial charge on any atom is -0.495 e. The zero-order valence-electron chi connectivity index (χ0n) is 12.5. The monoisotopic (exact) mass is 340 g/mol. The Morgan fingerprint density at radius 1 is 1.55 bits per heavy atom. The molecule has 1 unspecified atom stereocenters. The van der Waals surface area contributed by atoms with Crippen molar-refractivity contribution in [3.63, 3.8) is 0 Å². The van der Waals surface area contributed by atoms with Crippen LogP contribution < -0.4 is 10.1 Å². The zero-order chi connectivity index (χ0) is 16.3. The van der Waals surface area contributed by atoms with Gasteiger partial charge in [-0.2, -0.15) is 0 Å². The Morgan fingerprint density at radius 2 is 2.27 bits per heavy atom. The van der Waals surface area contributed by atoms with Crippen molar-refractivity contribution in [1.29, 1.82) is 0 Å². The van der Waals surface area contributed by atoms with E-state index in [1.54, 1.807) is 26.3 Å². The summed E-state index contributed by atoms with van der Waals surface area (Å²) in [5, 5.41) is 13.3. The van der Waals surface area contributed by atoms with E-state index in [0.29, 0.717) is 10.8 Å². The highest BCUT2D eigenvalue weighted by molar-refractivity contribution is 7.16. The van der Waals surface area contributed by atoms with Crippen molar-refractivity contribution in [3.05, 3.63) is 28.1 Å². The van der Waals surface area contributed by atoms with Crippen molar-refractivity contribution in [2.45, 2.75) is 19.3 Å². The lowest BCUT2D eigenvalue weighted by atomic mass is 10.0. The number of carboxylic acids is 1. The van der Waals surface area contributed by atoms with Gasteiger partial charge in [0, 0.05) is 23.4 Å². The third-order valence-electron chi connectivity index (χ3n) is 3.22. The molecule has 0 aliphatic heterocycles. The number of thiazole rings is 1. The molecule has 0 aliphatic rings. The predicted octanol–water partition coefficient (Wildman–Crippen LogP) is 4.09. The number of ether oxygens (including phenoxy) is 1. The number of halogens is 1. The summed E-state index contributed by atoms with van der Waals surface area (Å²) < 4.78 is 5.15. The van der Waals surface area contributed by atoms with E-state index in [1.165, 1.54) is 11.3 Å². The van der Waals surface area contributed by atoms with Crippen LogP contribution in [0, 0.1) is 0 Å². The molecule has 2 aromatic rings. The molecule has 1 heterocycles. The molecule has 2 N–H and O–H groups in total. The highest BCUT2D eigenvalue weighted by Gasteiger charge is 2.21. The van der Waals surface area contributed by atoms with Crippen LogP contribution in [0.4, 0.5) is 5.13 Å². The Hall–Kier alpha value is -1.79. The van der Waals surface area contributed by atoms with Crippen molar-refractivity contribution >= 4 is 34.0 Å². The fourth-order valence-electron chi connectivity index (χ4n) is 2.15. The number of hydrogen-bond donors (Lipinski definition) is 2. The van der Waals surface area contributed by atoms with Gasteiger partial charge < -0.3 is 15.2 Å². The third kappa shape index (κ3) is 3.51. The molecule has 0 spiro atoms. The largest absolute Gasteiger partial charge is 0.495 e. The highest BCUT2D eigenvalue weighted by Crippen LogP contribution is 2.39. The quantitative estimate of drug-likeness (QED) is 0.828. The molecule has 0 amide bonds. The Balaban J connectivity index is 2.47. The lowest BCUT2D eigenvalue weighted by Gasteiger charge is -2.10. The summed E-state index contributed by atoms with van der Waals surface area (Å²) in [5.74, 6) is -0.367. The van der Waals surface area contributed by atoms with Crippen molar-refractivity contribution in [2.24, 2.45) is 0 Å². The van der Waals surface area contributed by atoms with Crippen molar-refractivity contribution in [2.75, 3.05) is 19.5 Å². The summed E-state index contributed by atoms with van der Waals surface area (Å²) in [6.07, 6.45) is 0.0578. The van der Waals surface area contributed by atoms with Crippen LogP contribution in [-0.2, 0) is 4.79 Å². The molecule has 0 aliphatic carbocycles. The molecule has 1 aromatic carbocycles. The first-order chi connectivity index (χ1) is 10.5. The van der Waals surface area contributed by atoms with Gasteiger partial charge >= 0.3 is 5.97 Å². The maximum Gasteiger partial charge on any atom is 0.303 e. The lowest BCUT2D eigenvalue weighted by molar-refractivity contribution is -0.137. The number of benzene rings is 1. The summed E-state index contributed by atoms with van der Waals surface area (Å²) in [6, 6.07) is 5.43. The van der Waals surface area contributed by atoms with E-state index in [9.17, 15) is 4.79 Å². The molecule has 7 heteroatoms. The van der Waals surface area contributed by atoms with Crippen molar-refractivity contribution < 1.29 is 14.6 Å². The van der Waals surface area contributed by atoms with E-state index in [4.69, 9.17) is 21.4 Å². The average molecular weight is 341 g/mol. The van der Waals surface area contributed by atoms with Crippen LogP contribution in [-0.4, -0.2) is 30.2 Å². The van der Waals surface area contributed by atoms with Gasteiger partial charge in [-0.25, -0.2) is 4.98 Å². The molecule has 22 heavy (non-hydrogen) atoms. The molecular weight excluding hydrogens is 324 g/mol. The zero-order valence-corrected chi connectivity index (χ0v) is 14.1. The molecule has 2 rings (SSSR count). The molecule has 1 atom stereocenters. The molecule has 0 fully saturated rings. The van der Waals surface area contributed by atoms with Crippen molar-refractivity contribution in [1.82, 2.24) is 4.98 Å². The Kier molecular flexibility index (Phi) is 5.26. The van der Waals surface area contributed by atoms with Gasteiger partial charge in [-0.05, 0) is 18.2 Å². The Labute approximate surface area is 137 Å². The normalized spacial score (nSPS) is 12.0. The van der Waals surface area contributed by atoms with Crippen LogP contribution in [0.5, 0.6) is 5.75 Å². The number of nitrogens with zero attached hydrogens (tertiary/aromatic N) is 1. The van der Waals surface area contributed by atoms with Crippen LogP contribution in [0.25, 0.3) is 11.3 Å². The van der Waals surface area contributed by atoms with Crippen LogP contribution in [0.1, 0.15) is 24.1 Å². The van der Waals surface area contributed by atoms with Gasteiger partial charge in [-0.1, -0.05) is 18.5 Å². The smallest absolute Gasteiger partial charge is 0.303 e. The number of nitrogens with one attached hydrogen (secondary N) is 1. The van der Waals surface area contributed by atoms with Gasteiger partial charge in [0.15, 0.2) is 5.13 Å². The molecular formula is C15H17ClN2O3S. The summed E-state index contributed by atoms with van der Waals surface area (Å²) in [7, 11) is 3.35. The SMILES string of the molecule is CNc1nc(-c2ccc(OC)c(Cl)c2)c(C(C)CC(=O)O)s1. The number of aromatic nitrogens is 1. The van der Waals surface area contributed by atoms with Gasteiger partial charge in [0.25, 0.3) is 0 Å². The van der Waals surface area contributed by atoms with Gasteiger partial charge in [0.2, 0.25) is 0 Å². The molecule has 118 valence electrons. The standard InChI is InChI=1S/C15H17ClN2O3S/c1-8(6-12(19)20)14-13(18-15(17-2)22-14)9-4-5-11(21-3)10(16)7-9/h4-5,7-8H,6H2,1-3H3,(H,17,18)(H,19,20). The van der Waals surface area contributed by atoms with Gasteiger partial charge in [-0.15, -0.1) is 11.3 Å². The number of carboxylic acid groups (broad SMARTS) is 1. The van der Waals surface area contributed by atoms with Gasteiger partial charge in [0.1, 0.15) is 5.75 Å². The van der Waals surface area contributed by atoms with Crippen molar-refractivity contribution in [3.8, 4) is 17.0 Å². The fraction of sp³-hybridized carbons (Fsp3) is 0.333. The first kappa shape index (κ1) is 16.6. The minimum absolute atomic E-state index is 0.0578. The van der Waals surface area contributed by atoms with Gasteiger partial charge in [-0.3, -0.25) is 4.79 Å². The number of anilines is 1. The second-order valence-electron chi connectivity index (χ2n) is 4.83. The summed E-state index contributed by atoms with van der Waals surface area (Å²) in [6.45, 7) is 1.88. The van der Waals surface area contributed by atoms with E-state index in [1.807, 2.05) is 13.0 Å². The molecule has 0 bridgehead atoms. The van der Waals surface area contributed by atoms with E-state index < -0.39 is 5.97 Å². The average Bonchev–Trinajstić information content (AvgIpc) is 2.91. The number of hydrogen-bond acceptors (Lipinski definition) is 5. The minimum atomic E-state index is -0.828. The molecule has 5 nitrogen and oxygen atoms in total. The number of methoxy groups -OCH3 is 1. The van der Waals surface area contributed by atoms with E-state index in [2.05, 4.69) is 10.3 Å². The van der Waals surface area contributed by atoms with E-state index in [0.717, 1.165) is 21.3 Å². The number of carbonyl (C=O) groups is 1. The summed E-state index contributed by atoms with van der Waals surface area (Å²) in [5.41, 5.74) is 1.60. The maximum absolute atomic E-state index is 11.0. The van der Waals surface area contributed by atoms with Crippen LogP contribution in [0.3, 0.4) is 0 Å². The molecule has 0 radical (unpaired) electrons. The summed E-state index contributed by atoms with van der Waals surface area (Å²) in [4.78, 5) is 16.4.